The lowest BCUT2D eigenvalue weighted by Crippen LogP contribution is -2.50. The van der Waals surface area contributed by atoms with Crippen molar-refractivity contribution in [1.82, 2.24) is 14.7 Å². The summed E-state index contributed by atoms with van der Waals surface area (Å²) >= 11 is 0. The first kappa shape index (κ1) is 25.1. The number of nitrogens with zero attached hydrogens (tertiary/aromatic N) is 3. The Morgan fingerprint density at radius 1 is 1.12 bits per heavy atom. The van der Waals surface area contributed by atoms with Gasteiger partial charge in [-0.3, -0.25) is 9.59 Å². The van der Waals surface area contributed by atoms with E-state index in [2.05, 4.69) is 0 Å². The Kier molecular flexibility index (Phi) is 8.08. The highest BCUT2D eigenvalue weighted by molar-refractivity contribution is 5.94. The second-order valence-corrected chi connectivity index (χ2v) is 10.6. The van der Waals surface area contributed by atoms with Gasteiger partial charge >= 0.3 is 6.09 Å². The van der Waals surface area contributed by atoms with Crippen molar-refractivity contribution >= 4 is 17.9 Å². The molecule has 8 nitrogen and oxygen atoms in total. The third kappa shape index (κ3) is 6.74. The summed E-state index contributed by atoms with van der Waals surface area (Å²) in [5, 5.41) is 0. The van der Waals surface area contributed by atoms with Crippen molar-refractivity contribution < 1.29 is 23.5 Å². The van der Waals surface area contributed by atoms with E-state index in [4.69, 9.17) is 9.15 Å². The molecule has 0 aromatic carbocycles. The van der Waals surface area contributed by atoms with E-state index in [9.17, 15) is 14.4 Å². The number of ether oxygens (including phenoxy) is 1. The SMILES string of the molecule is CC(C)N(CC1CCCN(C(=O)C2CCN(C(=O)c3ccoc3)CC2)C1)C(=O)OC(C)(C)C. The molecule has 1 atom stereocenters. The van der Waals surface area contributed by atoms with Crippen LogP contribution in [0.3, 0.4) is 0 Å². The molecule has 3 amide bonds. The van der Waals surface area contributed by atoms with Gasteiger partial charge in [0.25, 0.3) is 5.91 Å². The van der Waals surface area contributed by atoms with Gasteiger partial charge in [0.05, 0.1) is 11.8 Å². The van der Waals surface area contributed by atoms with Crippen LogP contribution < -0.4 is 0 Å². The molecule has 2 fully saturated rings. The minimum Gasteiger partial charge on any atom is -0.472 e. The number of hydrogen-bond acceptors (Lipinski definition) is 5. The second kappa shape index (κ2) is 10.6. The normalized spacial score (nSPS) is 20.1. The summed E-state index contributed by atoms with van der Waals surface area (Å²) in [5.74, 6) is 0.330. The molecule has 3 rings (SSSR count). The zero-order valence-corrected chi connectivity index (χ0v) is 20.7. The van der Waals surface area contributed by atoms with Crippen LogP contribution in [0.15, 0.2) is 23.0 Å². The van der Waals surface area contributed by atoms with Crippen molar-refractivity contribution in [2.45, 2.75) is 71.9 Å². The molecule has 184 valence electrons. The molecule has 33 heavy (non-hydrogen) atoms. The maximum atomic E-state index is 13.2. The Hall–Kier alpha value is -2.51. The van der Waals surface area contributed by atoms with Gasteiger partial charge in [0, 0.05) is 44.7 Å². The fourth-order valence-corrected chi connectivity index (χ4v) is 4.67. The Balaban J connectivity index is 1.53. The molecule has 2 aliphatic rings. The van der Waals surface area contributed by atoms with Gasteiger partial charge in [-0.2, -0.15) is 0 Å². The van der Waals surface area contributed by atoms with Crippen LogP contribution in [0, 0.1) is 11.8 Å². The number of likely N-dealkylation sites (tertiary alicyclic amines) is 2. The maximum Gasteiger partial charge on any atom is 0.410 e. The van der Waals surface area contributed by atoms with Gasteiger partial charge in [0.15, 0.2) is 0 Å². The molecule has 0 radical (unpaired) electrons. The quantitative estimate of drug-likeness (QED) is 0.661. The molecule has 0 aliphatic carbocycles. The average Bonchev–Trinajstić information content (AvgIpc) is 3.30. The van der Waals surface area contributed by atoms with Gasteiger partial charge in [-0.15, -0.1) is 0 Å². The van der Waals surface area contributed by atoms with Gasteiger partial charge in [-0.25, -0.2) is 4.79 Å². The predicted molar refractivity (Wildman–Crippen MR) is 125 cm³/mol. The van der Waals surface area contributed by atoms with E-state index in [0.29, 0.717) is 44.6 Å². The zero-order valence-electron chi connectivity index (χ0n) is 20.7. The Bertz CT molecular complexity index is 807. The van der Waals surface area contributed by atoms with E-state index in [1.54, 1.807) is 15.9 Å². The fourth-order valence-electron chi connectivity index (χ4n) is 4.67. The standard InChI is InChI=1S/C25H39N3O5/c1-18(2)28(24(31)33-25(3,4)5)16-19-7-6-11-27(15-19)22(29)20-8-12-26(13-9-20)23(30)21-10-14-32-17-21/h10,14,17-20H,6-9,11-13,15-16H2,1-5H3. The first-order valence-corrected chi connectivity index (χ1v) is 12.1. The third-order valence-electron chi connectivity index (χ3n) is 6.44. The number of rotatable bonds is 5. The van der Waals surface area contributed by atoms with E-state index >= 15 is 0 Å². The van der Waals surface area contributed by atoms with Crippen LogP contribution in [0.4, 0.5) is 4.79 Å². The minimum absolute atomic E-state index is 0.0306. The molecule has 0 N–H and O–H groups in total. The molecular formula is C25H39N3O5. The summed E-state index contributed by atoms with van der Waals surface area (Å²) in [5.41, 5.74) is 0.0190. The van der Waals surface area contributed by atoms with Crippen LogP contribution >= 0.6 is 0 Å². The molecule has 8 heteroatoms. The van der Waals surface area contributed by atoms with Gasteiger partial charge in [-0.05, 0) is 72.3 Å². The Morgan fingerprint density at radius 2 is 1.82 bits per heavy atom. The molecule has 1 aromatic heterocycles. The molecular weight excluding hydrogens is 422 g/mol. The summed E-state index contributed by atoms with van der Waals surface area (Å²) in [6, 6.07) is 1.70. The largest absolute Gasteiger partial charge is 0.472 e. The fraction of sp³-hybridized carbons (Fsp3) is 0.720. The topological polar surface area (TPSA) is 83.3 Å². The molecule has 0 saturated carbocycles. The summed E-state index contributed by atoms with van der Waals surface area (Å²) in [7, 11) is 0. The van der Waals surface area contributed by atoms with Crippen LogP contribution in [0.1, 0.15) is 70.7 Å². The Labute approximate surface area is 197 Å². The molecule has 2 aliphatic heterocycles. The molecule has 0 bridgehead atoms. The van der Waals surface area contributed by atoms with E-state index in [0.717, 1.165) is 19.4 Å². The highest BCUT2D eigenvalue weighted by Gasteiger charge is 2.34. The van der Waals surface area contributed by atoms with Crippen molar-refractivity contribution in [1.29, 1.82) is 0 Å². The van der Waals surface area contributed by atoms with Crippen LogP contribution in [-0.2, 0) is 9.53 Å². The molecule has 3 heterocycles. The molecule has 1 unspecified atom stereocenters. The van der Waals surface area contributed by atoms with Crippen LogP contribution in [-0.4, -0.2) is 77.0 Å². The minimum atomic E-state index is -0.535. The van der Waals surface area contributed by atoms with Crippen LogP contribution in [0.2, 0.25) is 0 Å². The summed E-state index contributed by atoms with van der Waals surface area (Å²) < 4.78 is 10.6. The van der Waals surface area contributed by atoms with Crippen LogP contribution in [0.5, 0.6) is 0 Å². The number of furan rings is 1. The smallest absolute Gasteiger partial charge is 0.410 e. The Morgan fingerprint density at radius 3 is 2.39 bits per heavy atom. The van der Waals surface area contributed by atoms with Crippen LogP contribution in [0.25, 0.3) is 0 Å². The maximum absolute atomic E-state index is 13.2. The molecule has 0 spiro atoms. The lowest BCUT2D eigenvalue weighted by atomic mass is 9.91. The van der Waals surface area contributed by atoms with E-state index in [1.165, 1.54) is 12.5 Å². The highest BCUT2D eigenvalue weighted by Crippen LogP contribution is 2.26. The number of piperidine rings is 2. The van der Waals surface area contributed by atoms with Gasteiger partial charge in [0.2, 0.25) is 5.91 Å². The molecule has 2 saturated heterocycles. The summed E-state index contributed by atoms with van der Waals surface area (Å²) in [6.07, 6.45) is 5.96. The van der Waals surface area contributed by atoms with Crippen molar-refractivity contribution in [3.05, 3.63) is 24.2 Å². The highest BCUT2D eigenvalue weighted by atomic mass is 16.6. The van der Waals surface area contributed by atoms with Crippen molar-refractivity contribution in [3.8, 4) is 0 Å². The van der Waals surface area contributed by atoms with Crippen molar-refractivity contribution in [2.24, 2.45) is 11.8 Å². The first-order valence-electron chi connectivity index (χ1n) is 12.1. The average molecular weight is 462 g/mol. The number of carbonyl (C=O) groups excluding carboxylic acids is 3. The monoisotopic (exact) mass is 461 g/mol. The van der Waals surface area contributed by atoms with Crippen molar-refractivity contribution in [3.63, 3.8) is 0 Å². The van der Waals surface area contributed by atoms with E-state index < -0.39 is 5.60 Å². The summed E-state index contributed by atoms with van der Waals surface area (Å²) in [6.45, 7) is 12.8. The number of hydrogen-bond donors (Lipinski definition) is 0. The predicted octanol–water partition coefficient (Wildman–Crippen LogP) is 4.02. The van der Waals surface area contributed by atoms with E-state index in [1.807, 2.05) is 39.5 Å². The lowest BCUT2D eigenvalue weighted by Gasteiger charge is -2.40. The summed E-state index contributed by atoms with van der Waals surface area (Å²) in [4.78, 5) is 44.0. The lowest BCUT2D eigenvalue weighted by molar-refractivity contribution is -0.138. The van der Waals surface area contributed by atoms with Gasteiger partial charge < -0.3 is 23.9 Å². The number of carbonyl (C=O) groups is 3. The first-order chi connectivity index (χ1) is 15.5. The van der Waals surface area contributed by atoms with Crippen molar-refractivity contribution in [2.75, 3.05) is 32.7 Å². The van der Waals surface area contributed by atoms with E-state index in [-0.39, 0.29) is 35.8 Å². The zero-order chi connectivity index (χ0) is 24.2. The van der Waals surface area contributed by atoms with Gasteiger partial charge in [0.1, 0.15) is 11.9 Å². The number of amides is 3. The van der Waals surface area contributed by atoms with Gasteiger partial charge in [-0.1, -0.05) is 0 Å². The second-order valence-electron chi connectivity index (χ2n) is 10.6. The molecule has 1 aromatic rings. The third-order valence-corrected chi connectivity index (χ3v) is 6.44.